The summed E-state index contributed by atoms with van der Waals surface area (Å²) in [7, 11) is 3.49. The summed E-state index contributed by atoms with van der Waals surface area (Å²) in [4.78, 5) is 13.8. The molecule has 0 bridgehead atoms. The normalized spacial score (nSPS) is 11.2. The highest BCUT2D eigenvalue weighted by molar-refractivity contribution is 5.81. The van der Waals surface area contributed by atoms with Crippen molar-refractivity contribution in [2.24, 2.45) is 0 Å². The molecule has 4 nitrogen and oxygen atoms in total. The third-order valence-electron chi connectivity index (χ3n) is 3.82. The van der Waals surface area contributed by atoms with Gasteiger partial charge in [0.05, 0.1) is 7.11 Å². The lowest BCUT2D eigenvalue weighted by Gasteiger charge is -2.17. The Balaban J connectivity index is 1.87. The molecule has 3 rings (SSSR count). The summed E-state index contributed by atoms with van der Waals surface area (Å²) in [6.45, 7) is 1.13. The first-order chi connectivity index (χ1) is 11.5. The van der Waals surface area contributed by atoms with E-state index in [2.05, 4.69) is 0 Å². The summed E-state index contributed by atoms with van der Waals surface area (Å²) in [5.74, 6) is 0.384. The van der Waals surface area contributed by atoms with Crippen LogP contribution in [0, 0.1) is 5.82 Å². The maximum atomic E-state index is 13.3. The van der Waals surface area contributed by atoms with Crippen molar-refractivity contribution in [1.29, 1.82) is 0 Å². The van der Waals surface area contributed by atoms with Crippen molar-refractivity contribution in [3.8, 4) is 5.75 Å². The minimum atomic E-state index is -0.398. The zero-order valence-corrected chi connectivity index (χ0v) is 13.6. The summed E-state index contributed by atoms with van der Waals surface area (Å²) in [6.07, 6.45) is 0. The zero-order chi connectivity index (χ0) is 17.1. The van der Waals surface area contributed by atoms with Gasteiger partial charge in [-0.25, -0.2) is 9.18 Å². The topological polar surface area (TPSA) is 42.7 Å². The first-order valence-electron chi connectivity index (χ1n) is 7.59. The van der Waals surface area contributed by atoms with Crippen molar-refractivity contribution in [1.82, 2.24) is 4.90 Å². The van der Waals surface area contributed by atoms with Crippen LogP contribution in [0.3, 0.4) is 0 Å². The van der Waals surface area contributed by atoms with Gasteiger partial charge in [-0.05, 0) is 42.4 Å². The Labute approximate surface area is 139 Å². The lowest BCUT2D eigenvalue weighted by atomic mass is 10.1. The minimum absolute atomic E-state index is 0.251. The molecular formula is C19H18FNO3. The standard InChI is InChI=1S/C19H18FNO3/c1-21(11-13-4-3-5-15(20)8-13)12-14-9-19(22)24-18-10-16(23-2)6-7-17(14)18/h3-10H,11-12H2,1-2H3. The number of nitrogens with zero attached hydrogens (tertiary/aromatic N) is 1. The van der Waals surface area contributed by atoms with Crippen molar-refractivity contribution >= 4 is 11.0 Å². The molecule has 0 aliphatic heterocycles. The molecule has 24 heavy (non-hydrogen) atoms. The van der Waals surface area contributed by atoms with E-state index in [0.717, 1.165) is 16.5 Å². The number of benzene rings is 2. The second-order valence-electron chi connectivity index (χ2n) is 5.75. The number of hydrogen-bond donors (Lipinski definition) is 0. The van der Waals surface area contributed by atoms with Gasteiger partial charge in [-0.1, -0.05) is 12.1 Å². The molecule has 0 saturated carbocycles. The molecule has 0 unspecified atom stereocenters. The molecule has 2 aromatic carbocycles. The van der Waals surface area contributed by atoms with Crippen molar-refractivity contribution in [3.63, 3.8) is 0 Å². The van der Waals surface area contributed by atoms with Crippen LogP contribution in [0.1, 0.15) is 11.1 Å². The van der Waals surface area contributed by atoms with Crippen molar-refractivity contribution < 1.29 is 13.5 Å². The van der Waals surface area contributed by atoms with E-state index in [-0.39, 0.29) is 5.82 Å². The summed E-state index contributed by atoms with van der Waals surface area (Å²) in [6, 6.07) is 13.4. The molecule has 0 spiro atoms. The Morgan fingerprint density at radius 3 is 2.71 bits per heavy atom. The molecule has 0 saturated heterocycles. The van der Waals surface area contributed by atoms with E-state index in [1.165, 1.54) is 18.2 Å². The Morgan fingerprint density at radius 1 is 1.12 bits per heavy atom. The van der Waals surface area contributed by atoms with Crippen LogP contribution in [0.15, 0.2) is 57.7 Å². The smallest absolute Gasteiger partial charge is 0.336 e. The predicted octanol–water partition coefficient (Wildman–Crippen LogP) is 3.57. The van der Waals surface area contributed by atoms with Gasteiger partial charge >= 0.3 is 5.63 Å². The van der Waals surface area contributed by atoms with Crippen molar-refractivity contribution in [3.05, 3.63) is 75.9 Å². The van der Waals surface area contributed by atoms with Gasteiger partial charge in [-0.15, -0.1) is 0 Å². The average molecular weight is 327 g/mol. The number of halogens is 1. The Kier molecular flexibility index (Phi) is 4.62. The summed E-state index contributed by atoms with van der Waals surface area (Å²) < 4.78 is 23.7. The van der Waals surface area contributed by atoms with Gasteiger partial charge in [0.2, 0.25) is 0 Å². The lowest BCUT2D eigenvalue weighted by Crippen LogP contribution is -2.18. The minimum Gasteiger partial charge on any atom is -0.497 e. The average Bonchev–Trinajstić information content (AvgIpc) is 2.53. The van der Waals surface area contributed by atoms with E-state index in [9.17, 15) is 9.18 Å². The van der Waals surface area contributed by atoms with E-state index in [4.69, 9.17) is 9.15 Å². The third-order valence-corrected chi connectivity index (χ3v) is 3.82. The van der Waals surface area contributed by atoms with Crippen LogP contribution in [0.4, 0.5) is 4.39 Å². The van der Waals surface area contributed by atoms with E-state index < -0.39 is 5.63 Å². The number of ether oxygens (including phenoxy) is 1. The SMILES string of the molecule is COc1ccc2c(CN(C)Cc3cccc(F)c3)cc(=O)oc2c1. The molecule has 0 amide bonds. The zero-order valence-electron chi connectivity index (χ0n) is 13.6. The Morgan fingerprint density at radius 2 is 1.96 bits per heavy atom. The van der Waals surface area contributed by atoms with Gasteiger partial charge in [-0.2, -0.15) is 0 Å². The fraction of sp³-hybridized carbons (Fsp3) is 0.211. The largest absolute Gasteiger partial charge is 0.497 e. The molecule has 0 fully saturated rings. The predicted molar refractivity (Wildman–Crippen MR) is 90.6 cm³/mol. The fourth-order valence-corrected chi connectivity index (χ4v) is 2.76. The molecule has 124 valence electrons. The highest BCUT2D eigenvalue weighted by atomic mass is 19.1. The number of rotatable bonds is 5. The van der Waals surface area contributed by atoms with E-state index in [1.54, 1.807) is 19.2 Å². The summed E-state index contributed by atoms with van der Waals surface area (Å²) in [5.41, 5.74) is 1.84. The third kappa shape index (κ3) is 3.63. The van der Waals surface area contributed by atoms with Crippen LogP contribution in [-0.4, -0.2) is 19.1 Å². The van der Waals surface area contributed by atoms with Crippen LogP contribution in [0.2, 0.25) is 0 Å². The molecule has 0 atom stereocenters. The van der Waals surface area contributed by atoms with Crippen LogP contribution in [0.5, 0.6) is 5.75 Å². The van der Waals surface area contributed by atoms with E-state index >= 15 is 0 Å². The monoisotopic (exact) mass is 327 g/mol. The quantitative estimate of drug-likeness (QED) is 0.672. The Bertz CT molecular complexity index is 920. The molecule has 0 N–H and O–H groups in total. The van der Waals surface area contributed by atoms with Crippen LogP contribution in [0.25, 0.3) is 11.0 Å². The summed E-state index contributed by atoms with van der Waals surface area (Å²) >= 11 is 0. The van der Waals surface area contributed by atoms with Crippen LogP contribution < -0.4 is 10.4 Å². The van der Waals surface area contributed by atoms with Gasteiger partial charge in [0, 0.05) is 30.6 Å². The van der Waals surface area contributed by atoms with Crippen molar-refractivity contribution in [2.75, 3.05) is 14.2 Å². The molecular weight excluding hydrogens is 309 g/mol. The molecule has 0 aliphatic rings. The molecule has 0 aliphatic carbocycles. The van der Waals surface area contributed by atoms with Crippen LogP contribution >= 0.6 is 0 Å². The van der Waals surface area contributed by atoms with Crippen LogP contribution in [-0.2, 0) is 13.1 Å². The maximum absolute atomic E-state index is 13.3. The Hall–Kier alpha value is -2.66. The van der Waals surface area contributed by atoms with Gasteiger partial charge in [0.1, 0.15) is 17.1 Å². The van der Waals surface area contributed by atoms with E-state index in [1.807, 2.05) is 30.1 Å². The fourth-order valence-electron chi connectivity index (χ4n) is 2.76. The van der Waals surface area contributed by atoms with Crippen molar-refractivity contribution in [2.45, 2.75) is 13.1 Å². The van der Waals surface area contributed by atoms with E-state index in [0.29, 0.717) is 24.4 Å². The maximum Gasteiger partial charge on any atom is 0.336 e. The second-order valence-corrected chi connectivity index (χ2v) is 5.75. The molecule has 1 heterocycles. The highest BCUT2D eigenvalue weighted by Gasteiger charge is 2.10. The number of fused-ring (bicyclic) bond motifs is 1. The highest BCUT2D eigenvalue weighted by Crippen LogP contribution is 2.23. The number of hydrogen-bond acceptors (Lipinski definition) is 4. The first-order valence-corrected chi connectivity index (χ1v) is 7.59. The second kappa shape index (κ2) is 6.84. The molecule has 0 radical (unpaired) electrons. The molecule has 3 aromatic rings. The van der Waals surface area contributed by atoms with Gasteiger partial charge < -0.3 is 9.15 Å². The molecule has 1 aromatic heterocycles. The van der Waals surface area contributed by atoms with Gasteiger partial charge in [-0.3, -0.25) is 4.90 Å². The summed E-state index contributed by atoms with van der Waals surface area (Å²) in [5, 5.41) is 0.862. The first kappa shape index (κ1) is 16.2. The van der Waals surface area contributed by atoms with Gasteiger partial charge in [0.15, 0.2) is 0 Å². The number of methoxy groups -OCH3 is 1. The lowest BCUT2D eigenvalue weighted by molar-refractivity contribution is 0.319. The van der Waals surface area contributed by atoms with Gasteiger partial charge in [0.25, 0.3) is 0 Å². The molecule has 5 heteroatoms.